The lowest BCUT2D eigenvalue weighted by atomic mass is 10.1. The summed E-state index contributed by atoms with van der Waals surface area (Å²) >= 11 is 0. The lowest BCUT2D eigenvalue weighted by molar-refractivity contribution is 0.0998. The Balaban J connectivity index is 1.90. The number of aryl methyl sites for hydroxylation is 1. The number of ketones is 1. The topological polar surface area (TPSA) is 94.5 Å². The van der Waals surface area contributed by atoms with Gasteiger partial charge in [-0.1, -0.05) is 30.3 Å². The molecule has 0 aliphatic carbocycles. The van der Waals surface area contributed by atoms with Crippen LogP contribution < -0.4 is 16.3 Å². The molecule has 0 saturated carbocycles. The molecule has 4 rings (SSSR count). The van der Waals surface area contributed by atoms with Crippen LogP contribution in [0.25, 0.3) is 11.2 Å². The molecule has 2 aromatic heterocycles. The van der Waals surface area contributed by atoms with Crippen molar-refractivity contribution in [2.45, 2.75) is 19.9 Å². The number of hydrogen-bond donors (Lipinski definition) is 0. The van der Waals surface area contributed by atoms with E-state index in [2.05, 4.69) is 10.1 Å². The lowest BCUT2D eigenvalue weighted by Crippen LogP contribution is -2.39. The van der Waals surface area contributed by atoms with Gasteiger partial charge in [-0.3, -0.25) is 23.3 Å². The minimum Gasteiger partial charge on any atom is -0.294 e. The third kappa shape index (κ3) is 2.50. The molecule has 0 bridgehead atoms. The van der Waals surface area contributed by atoms with Crippen LogP contribution in [0, 0.1) is 0 Å². The summed E-state index contributed by atoms with van der Waals surface area (Å²) < 4.78 is 4.14. The van der Waals surface area contributed by atoms with Gasteiger partial charge in [0.25, 0.3) is 5.56 Å². The summed E-state index contributed by atoms with van der Waals surface area (Å²) in [5, 5.41) is 6.01. The molecule has 9 heteroatoms. The van der Waals surface area contributed by atoms with Crippen molar-refractivity contribution in [1.29, 1.82) is 0 Å². The first-order chi connectivity index (χ1) is 13.3. The third-order valence-corrected chi connectivity index (χ3v) is 5.16. The quantitative estimate of drug-likeness (QED) is 0.634. The number of Topliss-reactive ketones (excluding diaryl/α,β-unsaturated/α-hetero) is 1. The van der Waals surface area contributed by atoms with Crippen molar-refractivity contribution in [1.82, 2.24) is 18.7 Å². The van der Waals surface area contributed by atoms with Crippen molar-refractivity contribution in [3.63, 3.8) is 0 Å². The van der Waals surface area contributed by atoms with Crippen LogP contribution in [0.3, 0.4) is 0 Å². The van der Waals surface area contributed by atoms with Crippen molar-refractivity contribution in [3.8, 4) is 0 Å². The summed E-state index contributed by atoms with van der Waals surface area (Å²) in [5.41, 5.74) is 1.02. The SMILES string of the molecule is CC1=NN(CC(=O)c2ccccc2)c2nc3c(c(=O)n(C)c(=O)n3C)n2C1C. The molecule has 3 heterocycles. The number of carbonyl (C=O) groups is 1. The van der Waals surface area contributed by atoms with Gasteiger partial charge in [-0.2, -0.15) is 10.1 Å². The molecule has 9 nitrogen and oxygen atoms in total. The normalized spacial score (nSPS) is 16.2. The minimum atomic E-state index is -0.454. The Bertz CT molecular complexity index is 1250. The second kappa shape index (κ2) is 6.29. The fourth-order valence-electron chi connectivity index (χ4n) is 3.41. The van der Waals surface area contributed by atoms with Gasteiger partial charge in [-0.05, 0) is 13.8 Å². The fraction of sp³-hybridized carbons (Fsp3) is 0.316. The maximum absolute atomic E-state index is 12.8. The summed E-state index contributed by atoms with van der Waals surface area (Å²) in [4.78, 5) is 42.3. The van der Waals surface area contributed by atoms with E-state index in [4.69, 9.17) is 0 Å². The summed E-state index contributed by atoms with van der Waals surface area (Å²) in [5.74, 6) is 0.253. The molecule has 1 aromatic carbocycles. The summed E-state index contributed by atoms with van der Waals surface area (Å²) in [6.07, 6.45) is 0. The van der Waals surface area contributed by atoms with Gasteiger partial charge in [0.05, 0.1) is 11.8 Å². The second-order valence-corrected chi connectivity index (χ2v) is 6.92. The van der Waals surface area contributed by atoms with E-state index in [0.29, 0.717) is 17.0 Å². The minimum absolute atomic E-state index is 0.0222. The average molecular weight is 380 g/mol. The van der Waals surface area contributed by atoms with Crippen molar-refractivity contribution in [3.05, 3.63) is 56.7 Å². The summed E-state index contributed by atoms with van der Waals surface area (Å²) in [7, 11) is 3.01. The highest BCUT2D eigenvalue weighted by Crippen LogP contribution is 2.29. The Morgan fingerprint density at radius 3 is 2.46 bits per heavy atom. The van der Waals surface area contributed by atoms with E-state index in [1.165, 1.54) is 16.6 Å². The lowest BCUT2D eigenvalue weighted by Gasteiger charge is -2.28. The highest BCUT2D eigenvalue weighted by atomic mass is 16.2. The Kier molecular flexibility index (Phi) is 4.02. The van der Waals surface area contributed by atoms with Crippen LogP contribution >= 0.6 is 0 Å². The van der Waals surface area contributed by atoms with Gasteiger partial charge in [0.2, 0.25) is 5.95 Å². The van der Waals surface area contributed by atoms with Gasteiger partial charge < -0.3 is 0 Å². The average Bonchev–Trinajstić information content (AvgIpc) is 3.10. The van der Waals surface area contributed by atoms with E-state index >= 15 is 0 Å². The standard InChI is InChI=1S/C19H20N6O3/c1-11-12(2)25-15-16(22(3)19(28)23(4)17(15)27)20-18(25)24(21-11)10-14(26)13-8-6-5-7-9-13/h5-9,12H,10H2,1-4H3. The molecule has 0 fully saturated rings. The Labute approximate surface area is 160 Å². The van der Waals surface area contributed by atoms with E-state index in [1.54, 1.807) is 35.9 Å². The zero-order valence-corrected chi connectivity index (χ0v) is 16.1. The Morgan fingerprint density at radius 1 is 1.11 bits per heavy atom. The number of benzene rings is 1. The first-order valence-electron chi connectivity index (χ1n) is 8.90. The predicted molar refractivity (Wildman–Crippen MR) is 106 cm³/mol. The maximum Gasteiger partial charge on any atom is 0.332 e. The van der Waals surface area contributed by atoms with E-state index in [-0.39, 0.29) is 24.0 Å². The molecular weight excluding hydrogens is 360 g/mol. The van der Waals surface area contributed by atoms with Crippen molar-refractivity contribution in [2.75, 3.05) is 11.6 Å². The number of hydrazone groups is 1. The van der Waals surface area contributed by atoms with Gasteiger partial charge in [0.1, 0.15) is 6.54 Å². The van der Waals surface area contributed by atoms with Gasteiger partial charge in [-0.15, -0.1) is 0 Å². The van der Waals surface area contributed by atoms with Crippen LogP contribution in [0.2, 0.25) is 0 Å². The van der Waals surface area contributed by atoms with Crippen LogP contribution in [0.1, 0.15) is 30.2 Å². The summed E-state index contributed by atoms with van der Waals surface area (Å²) in [6.45, 7) is 3.72. The van der Waals surface area contributed by atoms with Gasteiger partial charge in [-0.25, -0.2) is 9.80 Å². The molecule has 0 saturated heterocycles. The van der Waals surface area contributed by atoms with E-state index < -0.39 is 11.2 Å². The van der Waals surface area contributed by atoms with Crippen LogP contribution in [-0.4, -0.2) is 36.7 Å². The number of fused-ring (bicyclic) bond motifs is 3. The number of nitrogens with zero attached hydrogens (tertiary/aromatic N) is 6. The number of anilines is 1. The first-order valence-corrected chi connectivity index (χ1v) is 8.90. The van der Waals surface area contributed by atoms with Crippen molar-refractivity contribution in [2.24, 2.45) is 19.2 Å². The van der Waals surface area contributed by atoms with Crippen LogP contribution in [-0.2, 0) is 14.1 Å². The van der Waals surface area contributed by atoms with E-state index in [0.717, 1.165) is 10.3 Å². The molecule has 0 spiro atoms. The molecule has 28 heavy (non-hydrogen) atoms. The zero-order chi connectivity index (χ0) is 20.2. The second-order valence-electron chi connectivity index (χ2n) is 6.92. The summed E-state index contributed by atoms with van der Waals surface area (Å²) in [6, 6.07) is 8.70. The molecule has 1 unspecified atom stereocenters. The Morgan fingerprint density at radius 2 is 1.79 bits per heavy atom. The number of rotatable bonds is 3. The van der Waals surface area contributed by atoms with Gasteiger partial charge in [0, 0.05) is 19.7 Å². The Hall–Kier alpha value is -3.49. The van der Waals surface area contributed by atoms with Gasteiger partial charge in [0.15, 0.2) is 16.9 Å². The molecule has 1 atom stereocenters. The molecule has 1 aliphatic rings. The van der Waals surface area contributed by atoms with Gasteiger partial charge >= 0.3 is 5.69 Å². The van der Waals surface area contributed by atoms with Crippen molar-refractivity contribution >= 4 is 28.6 Å². The third-order valence-electron chi connectivity index (χ3n) is 5.16. The highest BCUT2D eigenvalue weighted by Gasteiger charge is 2.31. The predicted octanol–water partition coefficient (Wildman–Crippen LogP) is 1.07. The molecule has 0 N–H and O–H groups in total. The highest BCUT2D eigenvalue weighted by molar-refractivity contribution is 6.00. The van der Waals surface area contributed by atoms with E-state index in [9.17, 15) is 14.4 Å². The van der Waals surface area contributed by atoms with E-state index in [1.807, 2.05) is 19.9 Å². The number of carbonyl (C=O) groups excluding carboxylic acids is 1. The van der Waals surface area contributed by atoms with Crippen LogP contribution in [0.5, 0.6) is 0 Å². The fourth-order valence-corrected chi connectivity index (χ4v) is 3.41. The zero-order valence-electron chi connectivity index (χ0n) is 16.1. The molecule has 1 aliphatic heterocycles. The van der Waals surface area contributed by atoms with Crippen LogP contribution in [0.15, 0.2) is 45.0 Å². The smallest absolute Gasteiger partial charge is 0.294 e. The molecule has 0 radical (unpaired) electrons. The molecule has 3 aromatic rings. The largest absolute Gasteiger partial charge is 0.332 e. The number of hydrogen-bond acceptors (Lipinski definition) is 6. The molecule has 144 valence electrons. The van der Waals surface area contributed by atoms with Crippen LogP contribution in [0.4, 0.5) is 5.95 Å². The molecule has 0 amide bonds. The maximum atomic E-state index is 12.8. The number of aromatic nitrogens is 4. The monoisotopic (exact) mass is 380 g/mol. The molecular formula is C19H20N6O3. The number of imidazole rings is 1. The van der Waals surface area contributed by atoms with Crippen molar-refractivity contribution < 1.29 is 4.79 Å². The first kappa shape index (κ1) is 17.9.